The fourth-order valence-corrected chi connectivity index (χ4v) is 3.45. The van der Waals surface area contributed by atoms with E-state index in [0.29, 0.717) is 31.9 Å². The lowest BCUT2D eigenvalue weighted by atomic mass is 10.1. The quantitative estimate of drug-likeness (QED) is 0.870. The summed E-state index contributed by atoms with van der Waals surface area (Å²) in [7, 11) is 0. The van der Waals surface area contributed by atoms with Crippen LogP contribution in [0.5, 0.6) is 0 Å². The molecule has 1 aliphatic rings. The number of benzene rings is 2. The molecule has 1 N–H and O–H groups in total. The van der Waals surface area contributed by atoms with Crippen LogP contribution >= 0.6 is 0 Å². The Morgan fingerprint density at radius 3 is 2.15 bits per heavy atom. The van der Waals surface area contributed by atoms with E-state index in [2.05, 4.69) is 5.32 Å². The van der Waals surface area contributed by atoms with Gasteiger partial charge in [-0.25, -0.2) is 13.6 Å². The van der Waals surface area contributed by atoms with Crippen LogP contribution in [0, 0.1) is 32.4 Å². The molecule has 2 amide bonds. The van der Waals surface area contributed by atoms with Crippen molar-refractivity contribution < 1.29 is 13.6 Å². The van der Waals surface area contributed by atoms with Crippen LogP contribution in [0.4, 0.5) is 25.0 Å². The largest absolute Gasteiger partial charge is 0.366 e. The second kappa shape index (κ2) is 7.32. The summed E-state index contributed by atoms with van der Waals surface area (Å²) >= 11 is 0. The van der Waals surface area contributed by atoms with Gasteiger partial charge in [0.25, 0.3) is 0 Å². The molecule has 138 valence electrons. The van der Waals surface area contributed by atoms with Crippen LogP contribution < -0.4 is 10.2 Å². The molecule has 0 aromatic heterocycles. The van der Waals surface area contributed by atoms with Gasteiger partial charge in [0.2, 0.25) is 0 Å². The number of piperazine rings is 1. The zero-order valence-corrected chi connectivity index (χ0v) is 15.3. The highest BCUT2D eigenvalue weighted by Gasteiger charge is 2.23. The summed E-state index contributed by atoms with van der Waals surface area (Å²) < 4.78 is 27.0. The fourth-order valence-electron chi connectivity index (χ4n) is 3.45. The fraction of sp³-hybridized carbons (Fsp3) is 0.350. The van der Waals surface area contributed by atoms with E-state index >= 15 is 0 Å². The van der Waals surface area contributed by atoms with Gasteiger partial charge in [0.05, 0.1) is 5.69 Å². The lowest BCUT2D eigenvalue weighted by Crippen LogP contribution is -2.50. The summed E-state index contributed by atoms with van der Waals surface area (Å²) in [5, 5.41) is 2.99. The molecule has 1 saturated heterocycles. The van der Waals surface area contributed by atoms with Crippen molar-refractivity contribution in [3.05, 3.63) is 58.7 Å². The predicted molar refractivity (Wildman–Crippen MR) is 99.8 cm³/mol. The maximum atomic E-state index is 13.9. The number of aryl methyl sites for hydroxylation is 3. The summed E-state index contributed by atoms with van der Waals surface area (Å²) in [6.07, 6.45) is 0. The SMILES string of the molecule is Cc1cc(C)c(NC(=O)N2CCN(c3ccc(F)cc3F)CC2)c(C)c1. The zero-order valence-electron chi connectivity index (χ0n) is 15.3. The van der Waals surface area contributed by atoms with Crippen molar-refractivity contribution in [1.29, 1.82) is 0 Å². The number of hydrogen-bond acceptors (Lipinski definition) is 2. The first-order chi connectivity index (χ1) is 12.3. The normalized spacial score (nSPS) is 14.5. The van der Waals surface area contributed by atoms with Gasteiger partial charge in [-0.3, -0.25) is 0 Å². The number of urea groups is 1. The molecule has 4 nitrogen and oxygen atoms in total. The van der Waals surface area contributed by atoms with Gasteiger partial charge < -0.3 is 15.1 Å². The molecule has 1 heterocycles. The minimum atomic E-state index is -0.590. The molecule has 1 fully saturated rings. The summed E-state index contributed by atoms with van der Waals surface area (Å²) in [6, 6.07) is 7.51. The summed E-state index contributed by atoms with van der Waals surface area (Å²) in [5.74, 6) is -1.16. The summed E-state index contributed by atoms with van der Waals surface area (Å²) in [4.78, 5) is 16.1. The highest BCUT2D eigenvalue weighted by atomic mass is 19.1. The Morgan fingerprint density at radius 1 is 0.962 bits per heavy atom. The molecule has 0 unspecified atom stereocenters. The lowest BCUT2D eigenvalue weighted by molar-refractivity contribution is 0.208. The number of halogens is 2. The second-order valence-electron chi connectivity index (χ2n) is 6.77. The Hall–Kier alpha value is -2.63. The van der Waals surface area contributed by atoms with Crippen molar-refractivity contribution in [3.63, 3.8) is 0 Å². The van der Waals surface area contributed by atoms with Gasteiger partial charge >= 0.3 is 6.03 Å². The third-order valence-corrected chi connectivity index (χ3v) is 4.73. The topological polar surface area (TPSA) is 35.6 Å². The van der Waals surface area contributed by atoms with E-state index in [0.717, 1.165) is 28.4 Å². The zero-order chi connectivity index (χ0) is 18.8. The van der Waals surface area contributed by atoms with Crippen molar-refractivity contribution in [2.45, 2.75) is 20.8 Å². The Morgan fingerprint density at radius 2 is 1.58 bits per heavy atom. The number of hydrogen-bond donors (Lipinski definition) is 1. The third kappa shape index (κ3) is 3.79. The molecule has 26 heavy (non-hydrogen) atoms. The van der Waals surface area contributed by atoms with E-state index in [9.17, 15) is 13.6 Å². The first-order valence-corrected chi connectivity index (χ1v) is 8.69. The maximum absolute atomic E-state index is 13.9. The molecule has 3 rings (SSSR count). The first kappa shape index (κ1) is 18.2. The van der Waals surface area contributed by atoms with Gasteiger partial charge in [0.15, 0.2) is 0 Å². The van der Waals surface area contributed by atoms with Crippen molar-refractivity contribution in [1.82, 2.24) is 4.90 Å². The van der Waals surface area contributed by atoms with Gasteiger partial charge in [-0.05, 0) is 44.0 Å². The van der Waals surface area contributed by atoms with Gasteiger partial charge in [0, 0.05) is 37.9 Å². The van der Waals surface area contributed by atoms with Gasteiger partial charge in [-0.15, -0.1) is 0 Å². The highest BCUT2D eigenvalue weighted by Crippen LogP contribution is 2.24. The van der Waals surface area contributed by atoms with Gasteiger partial charge in [-0.2, -0.15) is 0 Å². The number of nitrogens with one attached hydrogen (secondary N) is 1. The van der Waals surface area contributed by atoms with Crippen molar-refractivity contribution in [2.24, 2.45) is 0 Å². The molecule has 0 spiro atoms. The van der Waals surface area contributed by atoms with Crippen LogP contribution in [-0.4, -0.2) is 37.1 Å². The average Bonchev–Trinajstić information content (AvgIpc) is 2.58. The number of carbonyl (C=O) groups is 1. The molecule has 2 aromatic carbocycles. The smallest absolute Gasteiger partial charge is 0.321 e. The molecule has 1 aliphatic heterocycles. The van der Waals surface area contributed by atoms with E-state index in [4.69, 9.17) is 0 Å². The van der Waals surface area contributed by atoms with Crippen LogP contribution in [0.2, 0.25) is 0 Å². The molecule has 0 atom stereocenters. The Balaban J connectivity index is 1.64. The van der Waals surface area contributed by atoms with Crippen molar-refractivity contribution in [2.75, 3.05) is 36.4 Å². The molecular formula is C20H23F2N3O. The monoisotopic (exact) mass is 359 g/mol. The molecular weight excluding hydrogens is 336 g/mol. The number of amides is 2. The predicted octanol–water partition coefficient (Wildman–Crippen LogP) is 4.24. The van der Waals surface area contributed by atoms with E-state index in [1.807, 2.05) is 37.8 Å². The minimum Gasteiger partial charge on any atom is -0.366 e. The molecule has 0 radical (unpaired) electrons. The molecule has 0 aliphatic carbocycles. The van der Waals surface area contributed by atoms with E-state index in [1.54, 1.807) is 4.90 Å². The Kier molecular flexibility index (Phi) is 5.11. The lowest BCUT2D eigenvalue weighted by Gasteiger charge is -2.36. The van der Waals surface area contributed by atoms with Crippen LogP contribution in [0.25, 0.3) is 0 Å². The standard InChI is InChI=1S/C20H23F2N3O/c1-13-10-14(2)19(15(3)11-13)23-20(26)25-8-6-24(7-9-25)18-5-4-16(21)12-17(18)22/h4-5,10-12H,6-9H2,1-3H3,(H,23,26). The Bertz CT molecular complexity index is 807. The summed E-state index contributed by atoms with van der Waals surface area (Å²) in [6.45, 7) is 7.94. The van der Waals surface area contributed by atoms with E-state index < -0.39 is 11.6 Å². The highest BCUT2D eigenvalue weighted by molar-refractivity contribution is 5.91. The van der Waals surface area contributed by atoms with Crippen LogP contribution in [0.1, 0.15) is 16.7 Å². The summed E-state index contributed by atoms with van der Waals surface area (Å²) in [5.41, 5.74) is 4.43. The van der Waals surface area contributed by atoms with Crippen molar-refractivity contribution in [3.8, 4) is 0 Å². The number of nitrogens with zero attached hydrogens (tertiary/aromatic N) is 2. The van der Waals surface area contributed by atoms with Crippen LogP contribution in [-0.2, 0) is 0 Å². The van der Waals surface area contributed by atoms with E-state index in [-0.39, 0.29) is 6.03 Å². The molecule has 0 saturated carbocycles. The number of rotatable bonds is 2. The number of anilines is 2. The maximum Gasteiger partial charge on any atom is 0.321 e. The molecule has 6 heteroatoms. The average molecular weight is 359 g/mol. The molecule has 0 bridgehead atoms. The Labute approximate surface area is 152 Å². The second-order valence-corrected chi connectivity index (χ2v) is 6.77. The van der Waals surface area contributed by atoms with Crippen LogP contribution in [0.15, 0.2) is 30.3 Å². The van der Waals surface area contributed by atoms with Crippen molar-refractivity contribution >= 4 is 17.4 Å². The minimum absolute atomic E-state index is 0.153. The first-order valence-electron chi connectivity index (χ1n) is 8.69. The van der Waals surface area contributed by atoms with Gasteiger partial charge in [0.1, 0.15) is 11.6 Å². The third-order valence-electron chi connectivity index (χ3n) is 4.73. The van der Waals surface area contributed by atoms with E-state index in [1.165, 1.54) is 12.1 Å². The van der Waals surface area contributed by atoms with Gasteiger partial charge in [-0.1, -0.05) is 17.7 Å². The number of carbonyl (C=O) groups excluding carboxylic acids is 1. The van der Waals surface area contributed by atoms with Crippen LogP contribution in [0.3, 0.4) is 0 Å². The molecule has 2 aromatic rings.